The molecule has 1 saturated heterocycles. The van der Waals surface area contributed by atoms with Crippen LogP contribution in [0.15, 0.2) is 18.2 Å². The topological polar surface area (TPSA) is 91.8 Å². The summed E-state index contributed by atoms with van der Waals surface area (Å²) >= 11 is 0. The Hall–Kier alpha value is -1.89. The van der Waals surface area contributed by atoms with Crippen LogP contribution in [-0.4, -0.2) is 43.5 Å². The molecule has 0 aromatic heterocycles. The molecule has 1 N–H and O–H groups in total. The summed E-state index contributed by atoms with van der Waals surface area (Å²) in [5.41, 5.74) is 2.40. The molecule has 6 nitrogen and oxygen atoms in total. The molecular formula is C16H21NO5S. The fraction of sp³-hybridized carbons (Fsp3) is 0.500. The minimum atomic E-state index is -3.06. The number of hydrogen-bond acceptors (Lipinski definition) is 4. The van der Waals surface area contributed by atoms with E-state index in [-0.39, 0.29) is 30.3 Å². The fourth-order valence-corrected chi connectivity index (χ4v) is 4.29. The Bertz CT molecular complexity index is 712. The maximum Gasteiger partial charge on any atom is 0.323 e. The molecule has 2 rings (SSSR count). The monoisotopic (exact) mass is 339 g/mol. The van der Waals surface area contributed by atoms with Crippen molar-refractivity contribution >= 4 is 27.4 Å². The van der Waals surface area contributed by atoms with Gasteiger partial charge in [-0.05, 0) is 43.9 Å². The van der Waals surface area contributed by atoms with E-state index in [0.29, 0.717) is 5.69 Å². The van der Waals surface area contributed by atoms with Gasteiger partial charge in [0.05, 0.1) is 11.5 Å². The number of rotatable bonds is 4. The lowest BCUT2D eigenvalue weighted by Gasteiger charge is -2.29. The Kier molecular flexibility index (Phi) is 5.09. The second-order valence-electron chi connectivity index (χ2n) is 5.96. The number of hydrogen-bond donors (Lipinski definition) is 1. The second kappa shape index (κ2) is 6.70. The van der Waals surface area contributed by atoms with E-state index in [9.17, 15) is 18.0 Å². The largest absolute Gasteiger partial charge is 0.480 e. The molecular weight excluding hydrogens is 318 g/mol. The maximum atomic E-state index is 12.8. The third kappa shape index (κ3) is 4.10. The fourth-order valence-electron chi connectivity index (χ4n) is 2.80. The zero-order valence-electron chi connectivity index (χ0n) is 13.3. The van der Waals surface area contributed by atoms with Gasteiger partial charge in [-0.1, -0.05) is 12.1 Å². The number of carboxylic acid groups (broad SMARTS) is 1. The Morgan fingerprint density at radius 2 is 1.83 bits per heavy atom. The van der Waals surface area contributed by atoms with Crippen LogP contribution in [0, 0.1) is 19.8 Å². The van der Waals surface area contributed by atoms with Crippen molar-refractivity contribution in [3.05, 3.63) is 29.3 Å². The van der Waals surface area contributed by atoms with Crippen molar-refractivity contribution in [3.8, 4) is 0 Å². The zero-order valence-corrected chi connectivity index (χ0v) is 14.1. The first-order chi connectivity index (χ1) is 10.7. The summed E-state index contributed by atoms with van der Waals surface area (Å²) in [6.07, 6.45) is 0.504. The van der Waals surface area contributed by atoms with Crippen molar-refractivity contribution < 1.29 is 23.1 Å². The van der Waals surface area contributed by atoms with Crippen LogP contribution >= 0.6 is 0 Å². The van der Waals surface area contributed by atoms with Crippen molar-refractivity contribution in [2.24, 2.45) is 5.92 Å². The molecule has 0 radical (unpaired) electrons. The molecule has 1 heterocycles. The number of sulfone groups is 1. The van der Waals surface area contributed by atoms with Crippen molar-refractivity contribution in [3.63, 3.8) is 0 Å². The number of aliphatic carboxylic acids is 1. The van der Waals surface area contributed by atoms with Crippen LogP contribution < -0.4 is 4.90 Å². The normalized spacial score (nSPS) is 17.7. The van der Waals surface area contributed by atoms with Gasteiger partial charge in [0, 0.05) is 11.6 Å². The minimum Gasteiger partial charge on any atom is -0.480 e. The van der Waals surface area contributed by atoms with Crippen molar-refractivity contribution in [1.29, 1.82) is 0 Å². The molecule has 0 unspecified atom stereocenters. The summed E-state index contributed by atoms with van der Waals surface area (Å²) in [4.78, 5) is 25.2. The molecule has 1 fully saturated rings. The van der Waals surface area contributed by atoms with Crippen LogP contribution in [0.25, 0.3) is 0 Å². The molecule has 7 heteroatoms. The number of nitrogens with zero attached hydrogens (tertiary/aromatic N) is 1. The van der Waals surface area contributed by atoms with Gasteiger partial charge in [-0.25, -0.2) is 8.42 Å². The SMILES string of the molecule is Cc1cccc(N(CC(=O)O)C(=O)C2CCS(=O)(=O)CC2)c1C. The molecule has 0 saturated carbocycles. The molecule has 0 aliphatic carbocycles. The van der Waals surface area contributed by atoms with Gasteiger partial charge in [-0.2, -0.15) is 0 Å². The second-order valence-corrected chi connectivity index (χ2v) is 8.27. The summed E-state index contributed by atoms with van der Waals surface area (Å²) in [7, 11) is -3.06. The van der Waals surface area contributed by atoms with Gasteiger partial charge in [0.15, 0.2) is 0 Å². The van der Waals surface area contributed by atoms with Gasteiger partial charge in [-0.3, -0.25) is 9.59 Å². The molecule has 1 aliphatic heterocycles. The summed E-state index contributed by atoms with van der Waals surface area (Å²) in [5.74, 6) is -1.88. The van der Waals surface area contributed by atoms with Crippen LogP contribution in [0.1, 0.15) is 24.0 Å². The van der Waals surface area contributed by atoms with Crippen LogP contribution in [0.5, 0.6) is 0 Å². The summed E-state index contributed by atoms with van der Waals surface area (Å²) in [6, 6.07) is 5.41. The van der Waals surface area contributed by atoms with E-state index in [1.165, 1.54) is 4.90 Å². The average molecular weight is 339 g/mol. The lowest BCUT2D eigenvalue weighted by atomic mass is 9.99. The molecule has 1 aromatic carbocycles. The Balaban J connectivity index is 2.30. The van der Waals surface area contributed by atoms with Crippen LogP contribution in [0.2, 0.25) is 0 Å². The van der Waals surface area contributed by atoms with Crippen molar-refractivity contribution in [2.45, 2.75) is 26.7 Å². The van der Waals surface area contributed by atoms with Crippen molar-refractivity contribution in [2.75, 3.05) is 23.0 Å². The third-order valence-corrected chi connectivity index (χ3v) is 6.05. The third-order valence-electron chi connectivity index (χ3n) is 4.33. The molecule has 23 heavy (non-hydrogen) atoms. The lowest BCUT2D eigenvalue weighted by molar-refractivity contribution is -0.137. The van der Waals surface area contributed by atoms with E-state index in [0.717, 1.165) is 11.1 Å². The number of carboxylic acids is 1. The van der Waals surface area contributed by atoms with Gasteiger partial charge in [0.25, 0.3) is 0 Å². The highest BCUT2D eigenvalue weighted by atomic mass is 32.2. The van der Waals surface area contributed by atoms with E-state index in [2.05, 4.69) is 0 Å². The number of anilines is 1. The predicted molar refractivity (Wildman–Crippen MR) is 87.3 cm³/mol. The van der Waals surface area contributed by atoms with Gasteiger partial charge < -0.3 is 10.0 Å². The molecule has 1 aromatic rings. The number of carbonyl (C=O) groups is 2. The standard InChI is InChI=1S/C16H21NO5S/c1-11-4-3-5-14(12(11)2)17(10-15(18)19)16(20)13-6-8-23(21,22)9-7-13/h3-5,13H,6-10H2,1-2H3,(H,18,19). The molecule has 1 aliphatic rings. The number of carbonyl (C=O) groups excluding carboxylic acids is 1. The predicted octanol–water partition coefficient (Wildman–Crippen LogP) is 1.55. The van der Waals surface area contributed by atoms with E-state index >= 15 is 0 Å². The highest BCUT2D eigenvalue weighted by Crippen LogP contribution is 2.27. The first-order valence-electron chi connectivity index (χ1n) is 7.51. The van der Waals surface area contributed by atoms with E-state index < -0.39 is 28.3 Å². The first-order valence-corrected chi connectivity index (χ1v) is 9.33. The quantitative estimate of drug-likeness (QED) is 0.898. The average Bonchev–Trinajstić information content (AvgIpc) is 2.47. The van der Waals surface area contributed by atoms with Gasteiger partial charge in [0.2, 0.25) is 5.91 Å². The minimum absolute atomic E-state index is 0.0167. The molecule has 0 atom stereocenters. The molecule has 0 spiro atoms. The maximum absolute atomic E-state index is 12.8. The van der Waals surface area contributed by atoms with Crippen molar-refractivity contribution in [1.82, 2.24) is 0 Å². The highest BCUT2D eigenvalue weighted by molar-refractivity contribution is 7.91. The van der Waals surface area contributed by atoms with Crippen LogP contribution in [-0.2, 0) is 19.4 Å². The Morgan fingerprint density at radius 1 is 1.22 bits per heavy atom. The van der Waals surface area contributed by atoms with E-state index in [1.807, 2.05) is 19.9 Å². The Labute approximate surface area is 136 Å². The summed E-state index contributed by atoms with van der Waals surface area (Å²) in [5, 5.41) is 9.15. The van der Waals surface area contributed by atoms with Crippen LogP contribution in [0.3, 0.4) is 0 Å². The van der Waals surface area contributed by atoms with Gasteiger partial charge in [-0.15, -0.1) is 0 Å². The first kappa shape index (κ1) is 17.5. The van der Waals surface area contributed by atoms with E-state index in [1.54, 1.807) is 12.1 Å². The van der Waals surface area contributed by atoms with Crippen LogP contribution in [0.4, 0.5) is 5.69 Å². The molecule has 0 bridgehead atoms. The zero-order chi connectivity index (χ0) is 17.2. The number of amides is 1. The van der Waals surface area contributed by atoms with E-state index in [4.69, 9.17) is 5.11 Å². The molecule has 1 amide bonds. The van der Waals surface area contributed by atoms with Gasteiger partial charge in [0.1, 0.15) is 16.4 Å². The smallest absolute Gasteiger partial charge is 0.323 e. The highest BCUT2D eigenvalue weighted by Gasteiger charge is 2.33. The number of aryl methyl sites for hydroxylation is 1. The van der Waals surface area contributed by atoms with Gasteiger partial charge >= 0.3 is 5.97 Å². The summed E-state index contributed by atoms with van der Waals surface area (Å²) in [6.45, 7) is 3.32. The summed E-state index contributed by atoms with van der Waals surface area (Å²) < 4.78 is 23.0. The Morgan fingerprint density at radius 3 is 2.39 bits per heavy atom. The number of benzene rings is 1. The lowest BCUT2D eigenvalue weighted by Crippen LogP contribution is -2.42. The molecule has 126 valence electrons.